The van der Waals surface area contributed by atoms with Crippen molar-refractivity contribution in [2.24, 2.45) is 0 Å². The van der Waals surface area contributed by atoms with E-state index in [1.54, 1.807) is 11.8 Å². The maximum atomic E-state index is 2.88. The summed E-state index contributed by atoms with van der Waals surface area (Å²) in [6.07, 6.45) is 0. The molecule has 26 atom stereocenters. The monoisotopic (exact) mass is 890 g/mol. The first-order chi connectivity index (χ1) is 14.9. The summed E-state index contributed by atoms with van der Waals surface area (Å²) in [6, 6.07) is 0. The standard InChI is InChI=1S/C4H36P26/c1-6-11-15-19-22-24-26-28-30-29-27-25-23-21-18-14-10-4-7-3-9-13-17-20-16-12-8-2-5/h6-30H,2-5H2,1H3. The van der Waals surface area contributed by atoms with Crippen LogP contribution in [0.5, 0.6) is 0 Å². The third kappa shape index (κ3) is 39.2. The van der Waals surface area contributed by atoms with Gasteiger partial charge in [-0.1, -0.05) is 192 Å². The molecule has 0 bridgehead atoms. The molecule has 0 heterocycles. The fraction of sp³-hybridized carbons (Fsp3) is 1.00. The first kappa shape index (κ1) is 41.2. The van der Waals surface area contributed by atoms with E-state index in [-0.39, 0.29) is 0 Å². The molecule has 26 heteroatoms. The fourth-order valence-electron chi connectivity index (χ4n) is 1.02. The van der Waals surface area contributed by atoms with E-state index in [4.69, 9.17) is 0 Å². The van der Waals surface area contributed by atoms with Crippen molar-refractivity contribution in [2.45, 2.75) is 0 Å². The minimum atomic E-state index is 1.23. The van der Waals surface area contributed by atoms with Gasteiger partial charge in [-0.05, 0) is 24.4 Å². The quantitative estimate of drug-likeness (QED) is 0.0569. The van der Waals surface area contributed by atoms with Crippen LogP contribution in [0.25, 0.3) is 0 Å². The zero-order valence-corrected chi connectivity index (χ0v) is 42.4. The van der Waals surface area contributed by atoms with E-state index in [2.05, 4.69) is 15.9 Å². The van der Waals surface area contributed by atoms with Crippen molar-refractivity contribution >= 4 is 210 Å². The molecule has 0 saturated carbocycles. The summed E-state index contributed by atoms with van der Waals surface area (Å²) in [5.74, 6) is 4.57. The fourth-order valence-corrected chi connectivity index (χ4v) is 154. The normalized spacial score (nSPS) is 21.4. The number of hydrogen-bond acceptors (Lipinski definition) is 0. The highest BCUT2D eigenvalue weighted by molar-refractivity contribution is 8.90. The van der Waals surface area contributed by atoms with Crippen molar-refractivity contribution in [3.05, 3.63) is 0 Å². The molecule has 0 rings (SSSR count). The highest BCUT2D eigenvalue weighted by Crippen LogP contribution is 2.85. The second kappa shape index (κ2) is 40.2. The Labute approximate surface area is 232 Å². The van der Waals surface area contributed by atoms with Crippen LogP contribution in [-0.4, -0.2) is 24.4 Å². The predicted octanol–water partition coefficient (Wildman–Crippen LogP) is 15.5. The van der Waals surface area contributed by atoms with Crippen LogP contribution in [0, 0.1) is 0 Å². The van der Waals surface area contributed by atoms with Gasteiger partial charge in [0, 0.05) is 0 Å². The van der Waals surface area contributed by atoms with Crippen LogP contribution >= 0.6 is 210 Å². The molecule has 0 aromatic rings. The second-order valence-corrected chi connectivity index (χ2v) is 80.3. The largest absolute Gasteiger partial charge is 0.133 e. The zero-order chi connectivity index (χ0) is 21.8. The minimum absolute atomic E-state index is 1.23. The molecule has 0 amide bonds. The Hall–Kier alpha value is 11.2. The smallest absolute Gasteiger partial charge is 0.0133 e. The summed E-state index contributed by atoms with van der Waals surface area (Å²) in [4.78, 5) is 0. The molecule has 0 aromatic carbocycles. The molecule has 0 aliphatic heterocycles. The van der Waals surface area contributed by atoms with E-state index in [1.807, 2.05) is 0 Å². The molecule has 0 N–H and O–H groups in total. The van der Waals surface area contributed by atoms with Crippen molar-refractivity contribution in [1.29, 1.82) is 0 Å². The number of hydrogen-bond donors (Lipinski definition) is 0. The van der Waals surface area contributed by atoms with Crippen LogP contribution in [0.4, 0.5) is 0 Å². The van der Waals surface area contributed by atoms with Crippen LogP contribution in [0.15, 0.2) is 0 Å². The summed E-state index contributed by atoms with van der Waals surface area (Å²) >= 11 is 0. The van der Waals surface area contributed by atoms with Crippen LogP contribution in [0.3, 0.4) is 0 Å². The van der Waals surface area contributed by atoms with Crippen molar-refractivity contribution in [2.75, 3.05) is 24.4 Å². The summed E-state index contributed by atoms with van der Waals surface area (Å²) in [7, 11) is 36.6. The molecule has 0 aliphatic rings. The van der Waals surface area contributed by atoms with Gasteiger partial charge in [0.2, 0.25) is 0 Å². The van der Waals surface area contributed by atoms with Gasteiger partial charge in [0.25, 0.3) is 0 Å². The first-order valence-electron chi connectivity index (χ1n) is 8.18. The van der Waals surface area contributed by atoms with Gasteiger partial charge < -0.3 is 0 Å². The van der Waals surface area contributed by atoms with E-state index in [1.165, 1.54) is 207 Å². The van der Waals surface area contributed by atoms with Gasteiger partial charge >= 0.3 is 0 Å². The minimum Gasteiger partial charge on any atom is -0.133 e. The average molecular weight is 890 g/mol. The molecule has 0 nitrogen and oxygen atoms in total. The molecular formula is C4H36P26. The Morgan fingerprint density at radius 1 is 0.400 bits per heavy atom. The molecular weight excluding hydrogens is 853 g/mol. The van der Waals surface area contributed by atoms with Crippen LogP contribution < -0.4 is 0 Å². The third-order valence-corrected chi connectivity index (χ3v) is 111. The molecule has 0 spiro atoms. The molecule has 0 aliphatic carbocycles. The van der Waals surface area contributed by atoms with Crippen molar-refractivity contribution in [3.8, 4) is 0 Å². The molecule has 0 saturated heterocycles. The summed E-state index contributed by atoms with van der Waals surface area (Å²) in [6.45, 7) is 2.37. The summed E-state index contributed by atoms with van der Waals surface area (Å²) in [5.41, 5.74) is 0. The number of rotatable bonds is 27. The van der Waals surface area contributed by atoms with Crippen molar-refractivity contribution < 1.29 is 0 Å². The van der Waals surface area contributed by atoms with Gasteiger partial charge in [0.15, 0.2) is 0 Å². The highest BCUT2D eigenvalue weighted by atomic mass is 33.0. The Morgan fingerprint density at radius 2 is 0.700 bits per heavy atom. The van der Waals surface area contributed by atoms with E-state index in [0.29, 0.717) is 0 Å². The lowest BCUT2D eigenvalue weighted by atomic mass is 11.9. The van der Waals surface area contributed by atoms with Gasteiger partial charge in [-0.25, -0.2) is 0 Å². The van der Waals surface area contributed by atoms with Gasteiger partial charge in [0.1, 0.15) is 0 Å². The Kier molecular flexibility index (Phi) is 55.2. The van der Waals surface area contributed by atoms with Crippen LogP contribution in [0.2, 0.25) is 0 Å². The second-order valence-electron chi connectivity index (χ2n) is 4.09. The topological polar surface area (TPSA) is 0 Å². The van der Waals surface area contributed by atoms with Crippen molar-refractivity contribution in [1.82, 2.24) is 0 Å². The lowest BCUT2D eigenvalue weighted by Gasteiger charge is -2.06. The molecule has 0 radical (unpaired) electrons. The molecule has 0 aromatic heterocycles. The summed E-state index contributed by atoms with van der Waals surface area (Å²) < 4.78 is 0. The van der Waals surface area contributed by atoms with Gasteiger partial charge in [-0.3, -0.25) is 0 Å². The van der Waals surface area contributed by atoms with E-state index < -0.39 is 0 Å². The Bertz CT molecular complexity index is 258. The molecule has 26 unspecified atom stereocenters. The lowest BCUT2D eigenvalue weighted by Crippen LogP contribution is -1.56. The SMILES string of the molecule is CPPPPPPPPPPPPPPPPPCPCPPPPPPPCP. The Morgan fingerprint density at radius 3 is 1.03 bits per heavy atom. The van der Waals surface area contributed by atoms with Gasteiger partial charge in [-0.15, -0.1) is 17.8 Å². The maximum absolute atomic E-state index is 2.88. The first-order valence-corrected chi connectivity index (χ1v) is 57.5. The molecule has 30 heavy (non-hydrogen) atoms. The van der Waals surface area contributed by atoms with Crippen molar-refractivity contribution in [3.63, 3.8) is 0 Å². The molecule has 0 fully saturated rings. The summed E-state index contributed by atoms with van der Waals surface area (Å²) in [5, 5.41) is 0. The maximum Gasteiger partial charge on any atom is -0.0133 e. The van der Waals surface area contributed by atoms with Gasteiger partial charge in [0.05, 0.1) is 0 Å². The average Bonchev–Trinajstić information content (AvgIpc) is 2.76. The zero-order valence-electron chi connectivity index (χ0n) is 16.2. The molecule has 182 valence electrons. The highest BCUT2D eigenvalue weighted by Gasteiger charge is 1.95. The van der Waals surface area contributed by atoms with E-state index in [9.17, 15) is 0 Å². The Balaban J connectivity index is 2.97. The van der Waals surface area contributed by atoms with Crippen LogP contribution in [0.1, 0.15) is 0 Å². The lowest BCUT2D eigenvalue weighted by molar-refractivity contribution is 2.12. The van der Waals surface area contributed by atoms with Gasteiger partial charge in [-0.2, -0.15) is 0 Å². The third-order valence-electron chi connectivity index (χ3n) is 2.04. The predicted molar refractivity (Wildman–Crippen MR) is 238 cm³/mol. The van der Waals surface area contributed by atoms with E-state index in [0.717, 1.165) is 0 Å². The van der Waals surface area contributed by atoms with Crippen LogP contribution in [-0.2, 0) is 0 Å². The van der Waals surface area contributed by atoms with E-state index >= 15 is 0 Å².